The van der Waals surface area contributed by atoms with Gasteiger partial charge >= 0.3 is 0 Å². The van der Waals surface area contributed by atoms with Crippen molar-refractivity contribution in [3.05, 3.63) is 41.0 Å². The number of hydrogen-bond donors (Lipinski definition) is 1. The molecule has 2 saturated heterocycles. The van der Waals surface area contributed by atoms with Crippen molar-refractivity contribution in [3.8, 4) is 6.07 Å². The number of hydrogen-bond acceptors (Lipinski definition) is 5. The monoisotopic (exact) mass is 419 g/mol. The quantitative estimate of drug-likeness (QED) is 0.687. The molecule has 0 aliphatic carbocycles. The van der Waals surface area contributed by atoms with Crippen LogP contribution in [0.2, 0.25) is 0 Å². The average molecular weight is 420 g/mol. The maximum absolute atomic E-state index is 12.0. The third-order valence-corrected chi connectivity index (χ3v) is 6.36. The molecule has 7 heteroatoms. The Balaban J connectivity index is 0.00000231. The van der Waals surface area contributed by atoms with Crippen molar-refractivity contribution in [2.45, 2.75) is 39.5 Å². The number of carbonyl (C=O) groups excluding carboxylic acids is 1. The fourth-order valence-electron chi connectivity index (χ4n) is 4.97. The van der Waals surface area contributed by atoms with E-state index in [1.165, 1.54) is 0 Å². The van der Waals surface area contributed by atoms with Gasteiger partial charge in [0.25, 0.3) is 0 Å². The van der Waals surface area contributed by atoms with E-state index in [-0.39, 0.29) is 19.3 Å². The Morgan fingerprint density at radius 1 is 1.23 bits per heavy atom. The fourth-order valence-corrected chi connectivity index (χ4v) is 4.97. The second-order valence-corrected chi connectivity index (χ2v) is 8.08. The third-order valence-electron chi connectivity index (χ3n) is 6.36. The minimum atomic E-state index is 0. The highest BCUT2D eigenvalue weighted by Gasteiger charge is 2.29. The molecule has 162 valence electrons. The summed E-state index contributed by atoms with van der Waals surface area (Å²) in [7, 11) is 0. The summed E-state index contributed by atoms with van der Waals surface area (Å²) >= 11 is 0. The van der Waals surface area contributed by atoms with Gasteiger partial charge in [-0.15, -0.1) is 0 Å². The van der Waals surface area contributed by atoms with Gasteiger partial charge in [0.1, 0.15) is 11.9 Å². The second-order valence-electron chi connectivity index (χ2n) is 8.08. The standard InChI is InChI=1S/C23H25N5O2.CH4/c1-15-21(16-7-12-30-13-8-16)17(14-24)22-26-18-4-2-3-5-19(18)28(22)23(15)27-10-6-20(29)25-9-11-27;/h2-5,16H,6-13H2,1H3,(H,25,29);1H4. The highest BCUT2D eigenvalue weighted by molar-refractivity contribution is 5.87. The number of ether oxygens (including phenoxy) is 1. The number of nitrogens with zero attached hydrogens (tertiary/aromatic N) is 4. The van der Waals surface area contributed by atoms with Gasteiger partial charge in [0.15, 0.2) is 5.65 Å². The van der Waals surface area contributed by atoms with Crippen LogP contribution in [-0.4, -0.2) is 48.1 Å². The van der Waals surface area contributed by atoms with Crippen LogP contribution in [0.25, 0.3) is 16.7 Å². The highest BCUT2D eigenvalue weighted by atomic mass is 16.5. The van der Waals surface area contributed by atoms with Gasteiger partial charge in [0.05, 0.1) is 16.6 Å². The van der Waals surface area contributed by atoms with E-state index in [1.54, 1.807) is 0 Å². The largest absolute Gasteiger partial charge is 0.381 e. The first-order chi connectivity index (χ1) is 14.7. The minimum absolute atomic E-state index is 0. The van der Waals surface area contributed by atoms with Crippen LogP contribution in [0.3, 0.4) is 0 Å². The van der Waals surface area contributed by atoms with Gasteiger partial charge in [-0.05, 0) is 48.9 Å². The summed E-state index contributed by atoms with van der Waals surface area (Å²) in [6, 6.07) is 10.5. The zero-order valence-corrected chi connectivity index (χ0v) is 17.1. The molecule has 2 fully saturated rings. The van der Waals surface area contributed by atoms with Crippen LogP contribution in [0.4, 0.5) is 5.82 Å². The van der Waals surface area contributed by atoms with Crippen LogP contribution in [0.15, 0.2) is 24.3 Å². The Morgan fingerprint density at radius 2 is 2.00 bits per heavy atom. The molecule has 1 aromatic carbocycles. The molecule has 0 radical (unpaired) electrons. The first-order valence-corrected chi connectivity index (χ1v) is 10.6. The number of anilines is 1. The number of pyridine rings is 1. The number of nitrogens with one attached hydrogen (secondary N) is 1. The molecule has 0 spiro atoms. The molecule has 7 nitrogen and oxygen atoms in total. The molecule has 5 rings (SSSR count). The number of amides is 1. The molecule has 2 aliphatic rings. The molecule has 1 N–H and O–H groups in total. The molecular weight excluding hydrogens is 390 g/mol. The molecule has 3 aromatic rings. The van der Waals surface area contributed by atoms with E-state index in [1.807, 2.05) is 18.2 Å². The molecule has 31 heavy (non-hydrogen) atoms. The van der Waals surface area contributed by atoms with E-state index < -0.39 is 0 Å². The number of fused-ring (bicyclic) bond motifs is 3. The van der Waals surface area contributed by atoms with Gasteiger partial charge in [0, 0.05) is 39.3 Å². The van der Waals surface area contributed by atoms with Crippen molar-refractivity contribution in [3.63, 3.8) is 0 Å². The third kappa shape index (κ3) is 3.51. The summed E-state index contributed by atoms with van der Waals surface area (Å²) < 4.78 is 7.71. The molecule has 0 bridgehead atoms. The number of imidazole rings is 1. The van der Waals surface area contributed by atoms with Crippen LogP contribution >= 0.6 is 0 Å². The van der Waals surface area contributed by atoms with E-state index in [2.05, 4.69) is 33.7 Å². The van der Waals surface area contributed by atoms with Gasteiger partial charge in [0.2, 0.25) is 5.91 Å². The number of rotatable bonds is 2. The summed E-state index contributed by atoms with van der Waals surface area (Å²) in [6.45, 7) is 5.54. The topological polar surface area (TPSA) is 82.7 Å². The van der Waals surface area contributed by atoms with Crippen LogP contribution < -0.4 is 10.2 Å². The van der Waals surface area contributed by atoms with Gasteiger partial charge in [-0.1, -0.05) is 19.6 Å². The smallest absolute Gasteiger partial charge is 0.221 e. The summed E-state index contributed by atoms with van der Waals surface area (Å²) in [5.74, 6) is 1.42. The first kappa shape index (κ1) is 21.1. The summed E-state index contributed by atoms with van der Waals surface area (Å²) in [4.78, 5) is 19.1. The van der Waals surface area contributed by atoms with Crippen molar-refractivity contribution in [1.82, 2.24) is 14.7 Å². The highest BCUT2D eigenvalue weighted by Crippen LogP contribution is 2.39. The lowest BCUT2D eigenvalue weighted by Gasteiger charge is -2.31. The van der Waals surface area contributed by atoms with Gasteiger partial charge in [-0.2, -0.15) is 5.26 Å². The maximum Gasteiger partial charge on any atom is 0.221 e. The van der Waals surface area contributed by atoms with Crippen LogP contribution in [0.1, 0.15) is 49.3 Å². The van der Waals surface area contributed by atoms with Crippen LogP contribution in [0, 0.1) is 18.3 Å². The lowest BCUT2D eigenvalue weighted by atomic mass is 9.86. The summed E-state index contributed by atoms with van der Waals surface area (Å²) in [5, 5.41) is 13.1. The molecule has 0 atom stereocenters. The molecule has 4 heterocycles. The first-order valence-electron chi connectivity index (χ1n) is 10.6. The Bertz CT molecular complexity index is 1170. The molecular formula is C24H29N5O2. The molecule has 0 unspecified atom stereocenters. The minimum Gasteiger partial charge on any atom is -0.381 e. The predicted octanol–water partition coefficient (Wildman–Crippen LogP) is 3.52. The number of benzene rings is 1. The molecule has 2 aromatic heterocycles. The zero-order chi connectivity index (χ0) is 20.7. The lowest BCUT2D eigenvalue weighted by molar-refractivity contribution is -0.120. The van der Waals surface area contributed by atoms with Gasteiger partial charge in [-0.3, -0.25) is 9.20 Å². The number of nitriles is 1. The fraction of sp³-hybridized carbons (Fsp3) is 0.458. The predicted molar refractivity (Wildman–Crippen MR) is 122 cm³/mol. The Morgan fingerprint density at radius 3 is 2.77 bits per heavy atom. The maximum atomic E-state index is 12.0. The van der Waals surface area contributed by atoms with E-state index in [4.69, 9.17) is 9.72 Å². The number of para-hydroxylation sites is 2. The van der Waals surface area contributed by atoms with Crippen molar-refractivity contribution < 1.29 is 9.53 Å². The van der Waals surface area contributed by atoms with Gasteiger partial charge in [-0.25, -0.2) is 4.98 Å². The Kier molecular flexibility index (Phi) is 5.84. The number of aromatic nitrogens is 2. The molecule has 1 amide bonds. The van der Waals surface area contributed by atoms with E-state index in [0.29, 0.717) is 43.9 Å². The molecule has 0 saturated carbocycles. The summed E-state index contributed by atoms with van der Waals surface area (Å²) in [5.41, 5.74) is 5.46. The van der Waals surface area contributed by atoms with Crippen LogP contribution in [-0.2, 0) is 9.53 Å². The lowest BCUT2D eigenvalue weighted by Crippen LogP contribution is -2.31. The van der Waals surface area contributed by atoms with Crippen LogP contribution in [0.5, 0.6) is 0 Å². The van der Waals surface area contributed by atoms with Crippen molar-refractivity contribution in [2.24, 2.45) is 0 Å². The Hall–Kier alpha value is -3.11. The van der Waals surface area contributed by atoms with Crippen molar-refractivity contribution in [1.29, 1.82) is 5.26 Å². The second kappa shape index (κ2) is 8.56. The zero-order valence-electron chi connectivity index (χ0n) is 17.1. The average Bonchev–Trinajstić information content (AvgIpc) is 3.02. The SMILES string of the molecule is C.Cc1c(C2CCOCC2)c(C#N)c2nc3ccccc3n2c1N1CCNC(=O)CC1. The Labute approximate surface area is 182 Å². The van der Waals surface area contributed by atoms with E-state index in [0.717, 1.165) is 47.4 Å². The molecule has 2 aliphatic heterocycles. The normalized spacial score (nSPS) is 17.8. The number of carbonyl (C=O) groups is 1. The van der Waals surface area contributed by atoms with E-state index >= 15 is 0 Å². The van der Waals surface area contributed by atoms with Gasteiger partial charge < -0.3 is 15.0 Å². The van der Waals surface area contributed by atoms with E-state index in [9.17, 15) is 10.1 Å². The summed E-state index contributed by atoms with van der Waals surface area (Å²) in [6.07, 6.45) is 2.27. The van der Waals surface area contributed by atoms with Crippen molar-refractivity contribution in [2.75, 3.05) is 37.7 Å². The van der Waals surface area contributed by atoms with Crippen molar-refractivity contribution >= 4 is 28.4 Å².